The highest BCUT2D eigenvalue weighted by Crippen LogP contribution is 2.24. The van der Waals surface area contributed by atoms with Gasteiger partial charge in [0.1, 0.15) is 5.82 Å². The molecule has 0 fully saturated rings. The quantitative estimate of drug-likeness (QED) is 0.736. The lowest BCUT2D eigenvalue weighted by molar-refractivity contribution is 0.0943. The van der Waals surface area contributed by atoms with Gasteiger partial charge in [0.25, 0.3) is 5.91 Å². The third kappa shape index (κ3) is 4.11. The number of halogens is 1. The monoisotopic (exact) mass is 360 g/mol. The molecule has 2 N–H and O–H groups in total. The van der Waals surface area contributed by atoms with Crippen LogP contribution in [-0.4, -0.2) is 42.0 Å². The molecular formula is C19H25FN4O2. The van der Waals surface area contributed by atoms with Crippen molar-refractivity contribution in [3.05, 3.63) is 52.6 Å². The molecule has 0 spiro atoms. The highest BCUT2D eigenvalue weighted by molar-refractivity contribution is 5.94. The summed E-state index contributed by atoms with van der Waals surface area (Å²) in [5.74, 6) is -0.582. The van der Waals surface area contributed by atoms with Crippen LogP contribution in [0.4, 0.5) is 4.39 Å². The Hall–Kier alpha value is -2.25. The molecule has 1 heterocycles. The SMILES string of the molecule is COCCN[C@H]1CCc2c(c(C(=O)NCc3ccccc3F)nn2C)C1. The van der Waals surface area contributed by atoms with E-state index in [-0.39, 0.29) is 18.3 Å². The van der Waals surface area contributed by atoms with Crippen molar-refractivity contribution in [1.29, 1.82) is 0 Å². The summed E-state index contributed by atoms with van der Waals surface area (Å²) >= 11 is 0. The Kier molecular flexibility index (Phi) is 6.00. The number of nitrogens with zero attached hydrogens (tertiary/aromatic N) is 2. The summed E-state index contributed by atoms with van der Waals surface area (Å²) in [4.78, 5) is 12.6. The molecule has 26 heavy (non-hydrogen) atoms. The van der Waals surface area contributed by atoms with Crippen LogP contribution in [0.5, 0.6) is 0 Å². The summed E-state index contributed by atoms with van der Waals surface area (Å²) in [6, 6.07) is 6.75. The molecule has 0 saturated heterocycles. The van der Waals surface area contributed by atoms with Crippen LogP contribution in [0.25, 0.3) is 0 Å². The van der Waals surface area contributed by atoms with E-state index in [2.05, 4.69) is 15.7 Å². The van der Waals surface area contributed by atoms with Crippen LogP contribution in [0.1, 0.15) is 33.7 Å². The van der Waals surface area contributed by atoms with Gasteiger partial charge in [0.05, 0.1) is 6.61 Å². The van der Waals surface area contributed by atoms with Crippen molar-refractivity contribution in [2.45, 2.75) is 31.8 Å². The number of hydrogen-bond acceptors (Lipinski definition) is 4. The fourth-order valence-corrected chi connectivity index (χ4v) is 3.41. The minimum Gasteiger partial charge on any atom is -0.383 e. The Morgan fingerprint density at radius 3 is 3.00 bits per heavy atom. The number of carbonyl (C=O) groups is 1. The van der Waals surface area contributed by atoms with Gasteiger partial charge in [0.2, 0.25) is 0 Å². The minimum absolute atomic E-state index is 0.145. The molecule has 0 bridgehead atoms. The number of carbonyl (C=O) groups excluding carboxylic acids is 1. The van der Waals surface area contributed by atoms with E-state index in [1.165, 1.54) is 6.07 Å². The van der Waals surface area contributed by atoms with E-state index in [1.54, 1.807) is 30.0 Å². The molecule has 1 aliphatic carbocycles. The first-order valence-electron chi connectivity index (χ1n) is 8.88. The van der Waals surface area contributed by atoms with Crippen molar-refractivity contribution in [3.8, 4) is 0 Å². The summed E-state index contributed by atoms with van der Waals surface area (Å²) in [7, 11) is 3.55. The normalized spacial score (nSPS) is 16.3. The number of ether oxygens (including phenoxy) is 1. The van der Waals surface area contributed by atoms with Crippen molar-refractivity contribution >= 4 is 5.91 Å². The predicted octanol–water partition coefficient (Wildman–Crippen LogP) is 1.58. The summed E-state index contributed by atoms with van der Waals surface area (Å²) < 4.78 is 20.6. The smallest absolute Gasteiger partial charge is 0.272 e. The van der Waals surface area contributed by atoms with Crippen molar-refractivity contribution in [2.24, 2.45) is 7.05 Å². The van der Waals surface area contributed by atoms with Crippen LogP contribution >= 0.6 is 0 Å². The largest absolute Gasteiger partial charge is 0.383 e. The zero-order chi connectivity index (χ0) is 18.5. The zero-order valence-corrected chi connectivity index (χ0v) is 15.2. The lowest BCUT2D eigenvalue weighted by Gasteiger charge is -2.24. The van der Waals surface area contributed by atoms with Gasteiger partial charge in [-0.1, -0.05) is 18.2 Å². The number of amides is 1. The molecular weight excluding hydrogens is 335 g/mol. The van der Waals surface area contributed by atoms with Gasteiger partial charge in [0.15, 0.2) is 5.69 Å². The topological polar surface area (TPSA) is 68.2 Å². The lowest BCUT2D eigenvalue weighted by Crippen LogP contribution is -2.37. The van der Waals surface area contributed by atoms with Gasteiger partial charge in [-0.25, -0.2) is 4.39 Å². The standard InChI is InChI=1S/C19H25FN4O2/c1-24-17-8-7-14(21-9-10-26-2)11-15(17)18(23-24)19(25)22-12-13-5-3-4-6-16(13)20/h3-6,14,21H,7-12H2,1-2H3,(H,22,25)/t14-/m0/s1. The van der Waals surface area contributed by atoms with E-state index in [0.717, 1.165) is 37.1 Å². The molecule has 1 amide bonds. The van der Waals surface area contributed by atoms with Crippen LogP contribution < -0.4 is 10.6 Å². The summed E-state index contributed by atoms with van der Waals surface area (Å²) in [6.45, 7) is 1.59. The fourth-order valence-electron chi connectivity index (χ4n) is 3.41. The first-order chi connectivity index (χ1) is 12.6. The molecule has 1 aromatic carbocycles. The fraction of sp³-hybridized carbons (Fsp3) is 0.474. The molecule has 140 valence electrons. The van der Waals surface area contributed by atoms with Crippen molar-refractivity contribution in [1.82, 2.24) is 20.4 Å². The Labute approximate surface area is 152 Å². The number of nitrogens with one attached hydrogen (secondary N) is 2. The average Bonchev–Trinajstić information content (AvgIpc) is 2.97. The highest BCUT2D eigenvalue weighted by atomic mass is 19.1. The molecule has 1 atom stereocenters. The second-order valence-electron chi connectivity index (χ2n) is 6.56. The number of rotatable bonds is 7. The van der Waals surface area contributed by atoms with E-state index in [1.807, 2.05) is 7.05 Å². The second kappa shape index (κ2) is 8.42. The number of hydrogen-bond donors (Lipinski definition) is 2. The molecule has 1 aliphatic rings. The van der Waals surface area contributed by atoms with Crippen LogP contribution in [-0.2, 0) is 31.2 Å². The molecule has 1 aromatic heterocycles. The Morgan fingerprint density at radius 1 is 1.42 bits per heavy atom. The number of aromatic nitrogens is 2. The second-order valence-corrected chi connectivity index (χ2v) is 6.56. The molecule has 6 nitrogen and oxygen atoms in total. The Bertz CT molecular complexity index is 775. The van der Waals surface area contributed by atoms with E-state index >= 15 is 0 Å². The van der Waals surface area contributed by atoms with Gasteiger partial charge < -0.3 is 15.4 Å². The number of aryl methyl sites for hydroxylation is 1. The van der Waals surface area contributed by atoms with E-state index < -0.39 is 0 Å². The average molecular weight is 360 g/mol. The number of methoxy groups -OCH3 is 1. The maximum atomic E-state index is 13.7. The zero-order valence-electron chi connectivity index (χ0n) is 15.2. The first-order valence-corrected chi connectivity index (χ1v) is 8.88. The highest BCUT2D eigenvalue weighted by Gasteiger charge is 2.28. The summed E-state index contributed by atoms with van der Waals surface area (Å²) in [5.41, 5.74) is 2.99. The van der Waals surface area contributed by atoms with E-state index in [0.29, 0.717) is 23.9 Å². The van der Waals surface area contributed by atoms with Crippen LogP contribution in [0.15, 0.2) is 24.3 Å². The maximum Gasteiger partial charge on any atom is 0.272 e. The molecule has 3 rings (SSSR count). The Balaban J connectivity index is 1.69. The predicted molar refractivity (Wildman–Crippen MR) is 96.5 cm³/mol. The third-order valence-electron chi connectivity index (χ3n) is 4.81. The summed E-state index contributed by atoms with van der Waals surface area (Å²) in [5, 5.41) is 10.7. The van der Waals surface area contributed by atoms with Crippen molar-refractivity contribution in [3.63, 3.8) is 0 Å². The van der Waals surface area contributed by atoms with Gasteiger partial charge in [0, 0.05) is 50.1 Å². The lowest BCUT2D eigenvalue weighted by atomic mass is 9.91. The molecule has 2 aromatic rings. The Morgan fingerprint density at radius 2 is 2.23 bits per heavy atom. The van der Waals surface area contributed by atoms with Gasteiger partial charge in [-0.15, -0.1) is 0 Å². The minimum atomic E-state index is -0.321. The first kappa shape index (κ1) is 18.5. The van der Waals surface area contributed by atoms with Gasteiger partial charge >= 0.3 is 0 Å². The van der Waals surface area contributed by atoms with Crippen LogP contribution in [0, 0.1) is 5.82 Å². The molecule has 0 aliphatic heterocycles. The molecule has 0 unspecified atom stereocenters. The van der Waals surface area contributed by atoms with Gasteiger partial charge in [-0.3, -0.25) is 9.48 Å². The van der Waals surface area contributed by atoms with Crippen LogP contribution in [0.2, 0.25) is 0 Å². The van der Waals surface area contributed by atoms with Gasteiger partial charge in [-0.2, -0.15) is 5.10 Å². The van der Waals surface area contributed by atoms with E-state index in [9.17, 15) is 9.18 Å². The molecule has 0 saturated carbocycles. The van der Waals surface area contributed by atoms with Crippen molar-refractivity contribution in [2.75, 3.05) is 20.3 Å². The van der Waals surface area contributed by atoms with Gasteiger partial charge in [-0.05, 0) is 25.3 Å². The van der Waals surface area contributed by atoms with Crippen LogP contribution in [0.3, 0.4) is 0 Å². The summed E-state index contributed by atoms with van der Waals surface area (Å²) in [6.07, 6.45) is 2.64. The molecule has 7 heteroatoms. The maximum absolute atomic E-state index is 13.7. The number of benzene rings is 1. The number of fused-ring (bicyclic) bond motifs is 1. The molecule has 0 radical (unpaired) electrons. The third-order valence-corrected chi connectivity index (χ3v) is 4.81. The van der Waals surface area contributed by atoms with Crippen molar-refractivity contribution < 1.29 is 13.9 Å². The van der Waals surface area contributed by atoms with E-state index in [4.69, 9.17) is 4.74 Å².